The Hall–Kier alpha value is -3.76. The first-order valence-corrected chi connectivity index (χ1v) is 10.8. The highest BCUT2D eigenvalue weighted by Gasteiger charge is 2.33. The van der Waals surface area contributed by atoms with Crippen molar-refractivity contribution in [2.45, 2.75) is 39.0 Å². The summed E-state index contributed by atoms with van der Waals surface area (Å²) >= 11 is 0. The van der Waals surface area contributed by atoms with Gasteiger partial charge in [0.2, 0.25) is 0 Å². The molecular formula is C22H23FN6O4. The molecule has 172 valence electrons. The number of hydrogen-bond acceptors (Lipinski definition) is 7. The molecule has 0 spiro atoms. The standard InChI is InChI=1S/C22H23FN6O4/c1-14(30)2-4-16-13-27(22(32)33-16)15-3-5-18(17(23)12-15)26-8-10-28-20-19(24-6-7-25-20)21(31)29(28)11-9-26/h3,5-7,12,16H,2,4,8-11,13H2,1H3/t16-/m0/s1. The Bertz CT molecular complexity index is 1300. The molecule has 1 atom stereocenters. The van der Waals surface area contributed by atoms with Gasteiger partial charge >= 0.3 is 6.09 Å². The summed E-state index contributed by atoms with van der Waals surface area (Å²) < 4.78 is 23.8. The predicted molar refractivity (Wildman–Crippen MR) is 118 cm³/mol. The first-order valence-electron chi connectivity index (χ1n) is 10.8. The second-order valence-electron chi connectivity index (χ2n) is 8.26. The molecule has 10 nitrogen and oxygen atoms in total. The van der Waals surface area contributed by atoms with Crippen LogP contribution in [0.1, 0.15) is 19.8 Å². The maximum Gasteiger partial charge on any atom is 0.414 e. The lowest BCUT2D eigenvalue weighted by Gasteiger charge is -2.23. The number of halogens is 1. The summed E-state index contributed by atoms with van der Waals surface area (Å²) in [6.07, 6.45) is 2.89. The van der Waals surface area contributed by atoms with Crippen molar-refractivity contribution in [1.82, 2.24) is 19.3 Å². The highest BCUT2D eigenvalue weighted by Crippen LogP contribution is 2.29. The quantitative estimate of drug-likeness (QED) is 0.581. The van der Waals surface area contributed by atoms with Crippen LogP contribution in [0.5, 0.6) is 0 Å². The van der Waals surface area contributed by atoms with Gasteiger partial charge < -0.3 is 14.4 Å². The fourth-order valence-corrected chi connectivity index (χ4v) is 4.42. The van der Waals surface area contributed by atoms with Crippen molar-refractivity contribution >= 4 is 34.4 Å². The van der Waals surface area contributed by atoms with E-state index in [0.717, 1.165) is 0 Å². The van der Waals surface area contributed by atoms with E-state index in [1.165, 1.54) is 24.1 Å². The summed E-state index contributed by atoms with van der Waals surface area (Å²) in [4.78, 5) is 47.8. The first-order chi connectivity index (χ1) is 15.9. The third kappa shape index (κ3) is 3.83. The molecule has 2 aliphatic heterocycles. The summed E-state index contributed by atoms with van der Waals surface area (Å²) in [5, 5.41) is 0. The van der Waals surface area contributed by atoms with Gasteiger partial charge in [0, 0.05) is 31.9 Å². The molecule has 3 aromatic rings. The smallest absolute Gasteiger partial charge is 0.414 e. The zero-order chi connectivity index (χ0) is 23.1. The summed E-state index contributed by atoms with van der Waals surface area (Å²) in [6, 6.07) is 4.65. The van der Waals surface area contributed by atoms with E-state index in [0.29, 0.717) is 61.6 Å². The molecule has 33 heavy (non-hydrogen) atoms. The van der Waals surface area contributed by atoms with Crippen LogP contribution in [0, 0.1) is 5.82 Å². The topological polar surface area (TPSA) is 103 Å². The number of carbonyl (C=O) groups excluding carboxylic acids is 2. The molecule has 1 aromatic carbocycles. The minimum Gasteiger partial charge on any atom is -0.444 e. The van der Waals surface area contributed by atoms with Gasteiger partial charge in [0.1, 0.15) is 17.7 Å². The Morgan fingerprint density at radius 1 is 1.12 bits per heavy atom. The Morgan fingerprint density at radius 2 is 1.88 bits per heavy atom. The number of Topliss-reactive ketones (excluding diaryl/α,β-unsaturated/α-hetero) is 1. The molecule has 2 aliphatic rings. The largest absolute Gasteiger partial charge is 0.444 e. The van der Waals surface area contributed by atoms with Crippen molar-refractivity contribution in [3.63, 3.8) is 0 Å². The van der Waals surface area contributed by atoms with Gasteiger partial charge in [0.05, 0.1) is 31.0 Å². The average Bonchev–Trinajstić information content (AvgIpc) is 3.20. The van der Waals surface area contributed by atoms with Gasteiger partial charge in [0.15, 0.2) is 11.2 Å². The van der Waals surface area contributed by atoms with E-state index in [1.807, 2.05) is 4.90 Å². The molecule has 1 saturated heterocycles. The van der Waals surface area contributed by atoms with Gasteiger partial charge in [-0.25, -0.2) is 23.8 Å². The minimum atomic E-state index is -0.544. The number of fused-ring (bicyclic) bond motifs is 3. The number of hydrogen-bond donors (Lipinski definition) is 0. The Labute approximate surface area is 188 Å². The first kappa shape index (κ1) is 21.1. The highest BCUT2D eigenvalue weighted by atomic mass is 19.1. The average molecular weight is 454 g/mol. The molecule has 4 heterocycles. The zero-order valence-corrected chi connectivity index (χ0v) is 18.1. The minimum absolute atomic E-state index is 0.0337. The number of cyclic esters (lactones) is 1. The highest BCUT2D eigenvalue weighted by molar-refractivity contribution is 5.90. The van der Waals surface area contributed by atoms with Crippen molar-refractivity contribution in [3.05, 3.63) is 46.8 Å². The fourth-order valence-electron chi connectivity index (χ4n) is 4.42. The maximum absolute atomic E-state index is 15.1. The summed E-state index contributed by atoms with van der Waals surface area (Å²) in [6.45, 7) is 3.51. The zero-order valence-electron chi connectivity index (χ0n) is 18.1. The van der Waals surface area contributed by atoms with Crippen LogP contribution in [0.3, 0.4) is 0 Å². The number of aromatic nitrogens is 4. The molecule has 1 amide bonds. The molecule has 0 N–H and O–H groups in total. The molecule has 11 heteroatoms. The van der Waals surface area contributed by atoms with Crippen molar-refractivity contribution < 1.29 is 18.7 Å². The van der Waals surface area contributed by atoms with Crippen LogP contribution in [0.15, 0.2) is 35.4 Å². The van der Waals surface area contributed by atoms with Crippen LogP contribution in [0.2, 0.25) is 0 Å². The van der Waals surface area contributed by atoms with Gasteiger partial charge in [-0.15, -0.1) is 0 Å². The fraction of sp³-hybridized carbons (Fsp3) is 0.409. The number of carbonyl (C=O) groups is 2. The van der Waals surface area contributed by atoms with Crippen LogP contribution in [0.4, 0.5) is 20.6 Å². The number of amides is 1. The third-order valence-corrected chi connectivity index (χ3v) is 6.09. The van der Waals surface area contributed by atoms with E-state index in [2.05, 4.69) is 9.97 Å². The Kier molecular flexibility index (Phi) is 5.31. The maximum atomic E-state index is 15.1. The number of nitrogens with zero attached hydrogens (tertiary/aromatic N) is 6. The van der Waals surface area contributed by atoms with Crippen molar-refractivity contribution in [3.8, 4) is 0 Å². The second-order valence-corrected chi connectivity index (χ2v) is 8.26. The lowest BCUT2D eigenvalue weighted by molar-refractivity contribution is -0.117. The van der Waals surface area contributed by atoms with Crippen LogP contribution in [0.25, 0.3) is 11.2 Å². The molecule has 0 bridgehead atoms. The van der Waals surface area contributed by atoms with Crippen LogP contribution in [-0.4, -0.2) is 56.9 Å². The molecule has 0 unspecified atom stereocenters. The number of benzene rings is 1. The molecular weight excluding hydrogens is 431 g/mol. The number of anilines is 2. The summed E-state index contributed by atoms with van der Waals surface area (Å²) in [7, 11) is 0. The van der Waals surface area contributed by atoms with Gasteiger partial charge in [-0.1, -0.05) is 0 Å². The van der Waals surface area contributed by atoms with E-state index in [1.54, 1.807) is 27.7 Å². The van der Waals surface area contributed by atoms with E-state index in [-0.39, 0.29) is 24.0 Å². The summed E-state index contributed by atoms with van der Waals surface area (Å²) in [5.74, 6) is -0.428. The van der Waals surface area contributed by atoms with E-state index < -0.39 is 11.9 Å². The van der Waals surface area contributed by atoms with Crippen molar-refractivity contribution in [2.24, 2.45) is 0 Å². The van der Waals surface area contributed by atoms with E-state index in [9.17, 15) is 14.4 Å². The Morgan fingerprint density at radius 3 is 2.64 bits per heavy atom. The third-order valence-electron chi connectivity index (χ3n) is 6.09. The van der Waals surface area contributed by atoms with E-state index >= 15 is 4.39 Å². The van der Waals surface area contributed by atoms with Crippen LogP contribution >= 0.6 is 0 Å². The predicted octanol–water partition coefficient (Wildman–Crippen LogP) is 1.95. The van der Waals surface area contributed by atoms with Crippen molar-refractivity contribution in [1.29, 1.82) is 0 Å². The van der Waals surface area contributed by atoms with Gasteiger partial charge in [-0.2, -0.15) is 0 Å². The lowest BCUT2D eigenvalue weighted by Crippen LogP contribution is -2.29. The molecule has 0 saturated carbocycles. The molecule has 0 aliphatic carbocycles. The molecule has 2 aromatic heterocycles. The number of ether oxygens (including phenoxy) is 1. The lowest BCUT2D eigenvalue weighted by atomic mass is 10.1. The monoisotopic (exact) mass is 454 g/mol. The van der Waals surface area contributed by atoms with Gasteiger partial charge in [-0.3, -0.25) is 14.4 Å². The van der Waals surface area contributed by atoms with Crippen LogP contribution < -0.4 is 15.4 Å². The SMILES string of the molecule is CC(=O)CC[C@H]1CN(c2ccc(N3CCn4c(=O)c5nccnc5n4CC3)c(F)c2)C(=O)O1. The van der Waals surface area contributed by atoms with E-state index in [4.69, 9.17) is 4.74 Å². The second kappa shape index (κ2) is 8.30. The molecule has 5 rings (SSSR count). The number of ketones is 1. The summed E-state index contributed by atoms with van der Waals surface area (Å²) in [5.41, 5.74) is 1.45. The molecule has 0 radical (unpaired) electrons. The molecule has 1 fully saturated rings. The normalized spacial score (nSPS) is 18.4. The van der Waals surface area contributed by atoms with Crippen LogP contribution in [-0.2, 0) is 22.6 Å². The number of rotatable bonds is 5. The Balaban J connectivity index is 1.33. The van der Waals surface area contributed by atoms with Crippen molar-refractivity contribution in [2.75, 3.05) is 29.4 Å². The van der Waals surface area contributed by atoms with Gasteiger partial charge in [-0.05, 0) is 31.5 Å². The van der Waals surface area contributed by atoms with Gasteiger partial charge in [0.25, 0.3) is 5.56 Å².